The van der Waals surface area contributed by atoms with E-state index < -0.39 is 0 Å². The van der Waals surface area contributed by atoms with Crippen molar-refractivity contribution in [2.75, 3.05) is 6.61 Å². The number of rotatable bonds is 4. The van der Waals surface area contributed by atoms with Crippen LogP contribution in [0.15, 0.2) is 66.0 Å². The molecule has 1 aliphatic rings. The average molecular weight is 420 g/mol. The third kappa shape index (κ3) is 3.46. The number of fused-ring (bicyclic) bond motifs is 1. The number of para-hydroxylation sites is 1. The van der Waals surface area contributed by atoms with Gasteiger partial charge in [-0.1, -0.05) is 24.3 Å². The number of carbonyl (C=O) groups excluding carboxylic acids is 1. The van der Waals surface area contributed by atoms with E-state index in [0.29, 0.717) is 24.5 Å². The zero-order valence-electron chi connectivity index (χ0n) is 15.8. The lowest BCUT2D eigenvalue weighted by molar-refractivity contribution is 0.0914. The fraction of sp³-hybridized carbons (Fsp3) is 0.136. The van der Waals surface area contributed by atoms with Gasteiger partial charge in [-0.3, -0.25) is 4.79 Å². The lowest BCUT2D eigenvalue weighted by atomic mass is 10.0. The largest absolute Gasteiger partial charge is 0.493 e. The summed E-state index contributed by atoms with van der Waals surface area (Å²) in [6, 6.07) is 17.2. The lowest BCUT2D eigenvalue weighted by Crippen LogP contribution is -2.32. The van der Waals surface area contributed by atoms with Crippen LogP contribution in [0.1, 0.15) is 28.6 Å². The van der Waals surface area contributed by atoms with Gasteiger partial charge in [0.1, 0.15) is 11.6 Å². The van der Waals surface area contributed by atoms with Crippen LogP contribution in [0, 0.1) is 5.82 Å². The molecule has 1 N–H and O–H groups in total. The molecule has 0 aliphatic carbocycles. The molecule has 1 amide bonds. The van der Waals surface area contributed by atoms with Crippen molar-refractivity contribution in [3.63, 3.8) is 0 Å². The Hall–Kier alpha value is -3.52. The van der Waals surface area contributed by atoms with Crippen LogP contribution < -0.4 is 10.1 Å². The normalized spacial score (nSPS) is 15.3. The Bertz CT molecular complexity index is 1190. The minimum atomic E-state index is -0.365. The van der Waals surface area contributed by atoms with E-state index >= 15 is 0 Å². The number of halogens is 1. The van der Waals surface area contributed by atoms with E-state index in [4.69, 9.17) is 4.74 Å². The standard InChI is InChI=1S/C22H17FN4O2S/c23-14-7-9-15(10-8-14)27-21(19-6-3-13-30-19)25-20(26-27)22(28)24-17-11-12-29-18-5-2-1-4-16(17)18/h1-10,13,17H,11-12H2,(H,24,28). The summed E-state index contributed by atoms with van der Waals surface area (Å²) in [5.41, 5.74) is 1.57. The first-order chi connectivity index (χ1) is 14.7. The summed E-state index contributed by atoms with van der Waals surface area (Å²) >= 11 is 1.49. The molecule has 0 spiro atoms. The summed E-state index contributed by atoms with van der Waals surface area (Å²) in [5, 5.41) is 9.39. The van der Waals surface area contributed by atoms with Gasteiger partial charge in [-0.05, 0) is 41.8 Å². The highest BCUT2D eigenvalue weighted by atomic mass is 32.1. The van der Waals surface area contributed by atoms with Gasteiger partial charge in [0.05, 0.1) is 23.2 Å². The van der Waals surface area contributed by atoms with Crippen molar-refractivity contribution in [3.8, 4) is 22.1 Å². The number of ether oxygens (including phenoxy) is 1. The molecule has 0 saturated heterocycles. The predicted molar refractivity (Wildman–Crippen MR) is 111 cm³/mol. The molecule has 6 nitrogen and oxygen atoms in total. The summed E-state index contributed by atoms with van der Waals surface area (Å²) in [4.78, 5) is 18.4. The number of amides is 1. The summed E-state index contributed by atoms with van der Waals surface area (Å²) < 4.78 is 20.6. The molecule has 5 rings (SSSR count). The first-order valence-electron chi connectivity index (χ1n) is 9.48. The highest BCUT2D eigenvalue weighted by Crippen LogP contribution is 2.32. The minimum Gasteiger partial charge on any atom is -0.493 e. The molecule has 150 valence electrons. The number of aromatic nitrogens is 3. The number of nitrogens with one attached hydrogen (secondary N) is 1. The van der Waals surface area contributed by atoms with Crippen LogP contribution in [-0.4, -0.2) is 27.3 Å². The monoisotopic (exact) mass is 420 g/mol. The van der Waals surface area contributed by atoms with Crippen molar-refractivity contribution in [1.29, 1.82) is 0 Å². The van der Waals surface area contributed by atoms with Crippen molar-refractivity contribution in [3.05, 3.63) is 83.2 Å². The van der Waals surface area contributed by atoms with E-state index in [1.807, 2.05) is 41.8 Å². The van der Waals surface area contributed by atoms with Gasteiger partial charge >= 0.3 is 0 Å². The number of nitrogens with zero attached hydrogens (tertiary/aromatic N) is 3. The van der Waals surface area contributed by atoms with Gasteiger partial charge < -0.3 is 10.1 Å². The zero-order chi connectivity index (χ0) is 20.5. The fourth-order valence-corrected chi connectivity index (χ4v) is 4.15. The highest BCUT2D eigenvalue weighted by Gasteiger charge is 2.26. The van der Waals surface area contributed by atoms with E-state index in [-0.39, 0.29) is 23.6 Å². The molecule has 1 atom stereocenters. The summed E-state index contributed by atoms with van der Waals surface area (Å²) in [5.74, 6) is 0.669. The molecule has 1 unspecified atom stereocenters. The van der Waals surface area contributed by atoms with Gasteiger partial charge in [0, 0.05) is 12.0 Å². The fourth-order valence-electron chi connectivity index (χ4n) is 3.45. The quantitative estimate of drug-likeness (QED) is 0.532. The third-order valence-electron chi connectivity index (χ3n) is 4.89. The Morgan fingerprint density at radius 3 is 2.77 bits per heavy atom. The highest BCUT2D eigenvalue weighted by molar-refractivity contribution is 7.13. The Morgan fingerprint density at radius 1 is 1.13 bits per heavy atom. The van der Waals surface area contributed by atoms with Crippen LogP contribution in [0.5, 0.6) is 5.75 Å². The van der Waals surface area contributed by atoms with Gasteiger partial charge in [-0.2, -0.15) is 0 Å². The number of thiophene rings is 1. The molecule has 4 aromatic rings. The van der Waals surface area contributed by atoms with E-state index in [0.717, 1.165) is 16.2 Å². The Balaban J connectivity index is 1.48. The topological polar surface area (TPSA) is 69.0 Å². The van der Waals surface area contributed by atoms with Crippen LogP contribution in [0.2, 0.25) is 0 Å². The molecule has 30 heavy (non-hydrogen) atoms. The Morgan fingerprint density at radius 2 is 1.97 bits per heavy atom. The zero-order valence-corrected chi connectivity index (χ0v) is 16.6. The molecule has 0 radical (unpaired) electrons. The van der Waals surface area contributed by atoms with Crippen molar-refractivity contribution >= 4 is 17.2 Å². The van der Waals surface area contributed by atoms with Crippen LogP contribution in [-0.2, 0) is 0 Å². The number of carbonyl (C=O) groups is 1. The Kier molecular flexibility index (Phi) is 4.76. The molecular formula is C22H17FN4O2S. The van der Waals surface area contributed by atoms with Gasteiger partial charge in [-0.15, -0.1) is 16.4 Å². The maximum absolute atomic E-state index is 13.4. The maximum Gasteiger partial charge on any atom is 0.291 e. The van der Waals surface area contributed by atoms with Crippen molar-refractivity contribution in [1.82, 2.24) is 20.1 Å². The van der Waals surface area contributed by atoms with Crippen LogP contribution in [0.3, 0.4) is 0 Å². The second-order valence-electron chi connectivity index (χ2n) is 6.83. The van der Waals surface area contributed by atoms with E-state index in [2.05, 4.69) is 15.4 Å². The first kappa shape index (κ1) is 18.5. The molecule has 0 fully saturated rings. The van der Waals surface area contributed by atoms with E-state index in [1.165, 1.54) is 23.5 Å². The van der Waals surface area contributed by atoms with E-state index in [9.17, 15) is 9.18 Å². The third-order valence-corrected chi connectivity index (χ3v) is 5.75. The average Bonchev–Trinajstić information content (AvgIpc) is 3.45. The predicted octanol–water partition coefficient (Wildman–Crippen LogP) is 4.39. The molecule has 2 aromatic heterocycles. The summed E-state index contributed by atoms with van der Waals surface area (Å²) in [6.45, 7) is 0.528. The second-order valence-corrected chi connectivity index (χ2v) is 7.77. The lowest BCUT2D eigenvalue weighted by Gasteiger charge is -2.26. The number of hydrogen-bond donors (Lipinski definition) is 1. The van der Waals surface area contributed by atoms with Crippen LogP contribution in [0.25, 0.3) is 16.4 Å². The van der Waals surface area contributed by atoms with Gasteiger partial charge in [0.2, 0.25) is 5.82 Å². The number of benzene rings is 2. The van der Waals surface area contributed by atoms with Gasteiger partial charge in [0.25, 0.3) is 5.91 Å². The smallest absolute Gasteiger partial charge is 0.291 e. The molecule has 1 aliphatic heterocycles. The molecule has 3 heterocycles. The SMILES string of the molecule is O=C(NC1CCOc2ccccc21)c1nc(-c2cccs2)n(-c2ccc(F)cc2)n1. The van der Waals surface area contributed by atoms with Crippen molar-refractivity contribution in [2.24, 2.45) is 0 Å². The van der Waals surface area contributed by atoms with Gasteiger partial charge in [0.15, 0.2) is 5.82 Å². The van der Waals surface area contributed by atoms with Crippen molar-refractivity contribution in [2.45, 2.75) is 12.5 Å². The maximum atomic E-state index is 13.4. The summed E-state index contributed by atoms with van der Waals surface area (Å²) in [7, 11) is 0. The summed E-state index contributed by atoms with van der Waals surface area (Å²) in [6.07, 6.45) is 0.666. The molecule has 0 bridgehead atoms. The second kappa shape index (κ2) is 7.72. The minimum absolute atomic E-state index is 0.0618. The van der Waals surface area contributed by atoms with Gasteiger partial charge in [-0.25, -0.2) is 14.1 Å². The number of hydrogen-bond acceptors (Lipinski definition) is 5. The van der Waals surface area contributed by atoms with Crippen LogP contribution in [0.4, 0.5) is 4.39 Å². The molecule has 0 saturated carbocycles. The molecule has 2 aromatic carbocycles. The Labute approximate surface area is 176 Å². The molecular weight excluding hydrogens is 403 g/mol. The molecule has 8 heteroatoms. The first-order valence-corrected chi connectivity index (χ1v) is 10.4. The van der Waals surface area contributed by atoms with E-state index in [1.54, 1.807) is 16.8 Å². The van der Waals surface area contributed by atoms with Crippen molar-refractivity contribution < 1.29 is 13.9 Å². The van der Waals surface area contributed by atoms with Crippen LogP contribution >= 0.6 is 11.3 Å².